The van der Waals surface area contributed by atoms with Crippen LogP contribution in [0.1, 0.15) is 25.1 Å². The third-order valence-electron chi connectivity index (χ3n) is 4.43. The fourth-order valence-electron chi connectivity index (χ4n) is 3.29. The van der Waals surface area contributed by atoms with Crippen LogP contribution in [0, 0.1) is 0 Å². The second-order valence-electron chi connectivity index (χ2n) is 6.08. The SMILES string of the molecule is Oc1ccc(-n2c(CC3CCCCN3)nc3cccnc32)cc1. The Labute approximate surface area is 135 Å². The third-order valence-corrected chi connectivity index (χ3v) is 4.43. The number of benzene rings is 1. The van der Waals surface area contributed by atoms with Gasteiger partial charge in [-0.1, -0.05) is 6.42 Å². The second kappa shape index (κ2) is 6.01. The molecule has 4 rings (SSSR count). The van der Waals surface area contributed by atoms with Gasteiger partial charge in [-0.15, -0.1) is 0 Å². The number of nitrogens with one attached hydrogen (secondary N) is 1. The van der Waals surface area contributed by atoms with E-state index in [1.807, 2.05) is 24.3 Å². The summed E-state index contributed by atoms with van der Waals surface area (Å²) < 4.78 is 2.10. The van der Waals surface area contributed by atoms with Gasteiger partial charge in [0.15, 0.2) is 5.65 Å². The van der Waals surface area contributed by atoms with Crippen molar-refractivity contribution in [1.82, 2.24) is 19.9 Å². The van der Waals surface area contributed by atoms with E-state index in [0.29, 0.717) is 6.04 Å². The highest BCUT2D eigenvalue weighted by Crippen LogP contribution is 2.23. The minimum atomic E-state index is 0.265. The molecule has 5 heteroatoms. The van der Waals surface area contributed by atoms with Gasteiger partial charge in [0, 0.05) is 24.3 Å². The van der Waals surface area contributed by atoms with Crippen LogP contribution in [0.25, 0.3) is 16.9 Å². The Hall–Kier alpha value is -2.40. The highest BCUT2D eigenvalue weighted by molar-refractivity contribution is 5.73. The smallest absolute Gasteiger partial charge is 0.164 e. The summed E-state index contributed by atoms with van der Waals surface area (Å²) in [7, 11) is 0. The molecule has 5 nitrogen and oxygen atoms in total. The largest absolute Gasteiger partial charge is 0.508 e. The Morgan fingerprint density at radius 2 is 2.04 bits per heavy atom. The van der Waals surface area contributed by atoms with Gasteiger partial charge in [-0.25, -0.2) is 9.97 Å². The number of rotatable bonds is 3. The summed E-state index contributed by atoms with van der Waals surface area (Å²) in [6.07, 6.45) is 6.40. The first-order chi connectivity index (χ1) is 11.3. The first kappa shape index (κ1) is 14.2. The molecule has 3 heterocycles. The molecule has 0 bridgehead atoms. The molecule has 1 saturated heterocycles. The van der Waals surface area contributed by atoms with Gasteiger partial charge in [0.05, 0.1) is 0 Å². The molecule has 0 aliphatic carbocycles. The van der Waals surface area contributed by atoms with Crippen LogP contribution in [0.3, 0.4) is 0 Å². The van der Waals surface area contributed by atoms with Crippen molar-refractivity contribution in [2.24, 2.45) is 0 Å². The van der Waals surface area contributed by atoms with Crippen LogP contribution in [-0.4, -0.2) is 32.2 Å². The molecule has 1 aromatic carbocycles. The minimum Gasteiger partial charge on any atom is -0.508 e. The predicted molar refractivity (Wildman–Crippen MR) is 89.9 cm³/mol. The Bertz CT molecular complexity index is 804. The summed E-state index contributed by atoms with van der Waals surface area (Å²) >= 11 is 0. The van der Waals surface area contributed by atoms with Crippen molar-refractivity contribution in [3.63, 3.8) is 0 Å². The molecule has 3 aromatic rings. The molecule has 23 heavy (non-hydrogen) atoms. The number of aromatic hydroxyl groups is 1. The van der Waals surface area contributed by atoms with Crippen LogP contribution in [0.15, 0.2) is 42.6 Å². The number of piperidine rings is 1. The van der Waals surface area contributed by atoms with Crippen LogP contribution in [0.5, 0.6) is 5.75 Å². The normalized spacial score (nSPS) is 18.3. The zero-order valence-corrected chi connectivity index (χ0v) is 12.9. The average Bonchev–Trinajstić information content (AvgIpc) is 2.94. The lowest BCUT2D eigenvalue weighted by molar-refractivity contribution is 0.393. The molecule has 1 atom stereocenters. The molecule has 1 aliphatic rings. The van der Waals surface area contributed by atoms with Crippen molar-refractivity contribution >= 4 is 11.2 Å². The quantitative estimate of drug-likeness (QED) is 0.781. The predicted octanol–water partition coefficient (Wildman–Crippen LogP) is 2.81. The fourth-order valence-corrected chi connectivity index (χ4v) is 3.29. The molecule has 0 saturated carbocycles. The maximum absolute atomic E-state index is 9.55. The van der Waals surface area contributed by atoms with E-state index in [2.05, 4.69) is 14.9 Å². The molecule has 0 spiro atoms. The molecule has 1 unspecified atom stereocenters. The molecular formula is C18H20N4O. The Morgan fingerprint density at radius 3 is 2.83 bits per heavy atom. The summed E-state index contributed by atoms with van der Waals surface area (Å²) in [4.78, 5) is 9.31. The van der Waals surface area contributed by atoms with Gasteiger partial charge in [0.25, 0.3) is 0 Å². The Kier molecular flexibility index (Phi) is 3.71. The summed E-state index contributed by atoms with van der Waals surface area (Å²) in [5, 5.41) is 13.1. The van der Waals surface area contributed by atoms with Crippen molar-refractivity contribution in [1.29, 1.82) is 0 Å². The number of aromatic nitrogens is 3. The Morgan fingerprint density at radius 1 is 1.17 bits per heavy atom. The van der Waals surface area contributed by atoms with E-state index in [0.717, 1.165) is 35.6 Å². The molecule has 0 radical (unpaired) electrons. The summed E-state index contributed by atoms with van der Waals surface area (Å²) in [5.41, 5.74) is 2.75. The molecule has 0 amide bonds. The average molecular weight is 308 g/mol. The summed E-state index contributed by atoms with van der Waals surface area (Å²) in [6.45, 7) is 1.09. The number of imidazole rings is 1. The Balaban J connectivity index is 1.79. The number of phenols is 1. The lowest BCUT2D eigenvalue weighted by atomic mass is 10.0. The molecule has 2 N–H and O–H groups in total. The van der Waals surface area contributed by atoms with E-state index in [4.69, 9.17) is 4.98 Å². The van der Waals surface area contributed by atoms with Crippen molar-refractivity contribution in [3.05, 3.63) is 48.4 Å². The van der Waals surface area contributed by atoms with E-state index >= 15 is 0 Å². The van der Waals surface area contributed by atoms with Crippen LogP contribution in [0.4, 0.5) is 0 Å². The lowest BCUT2D eigenvalue weighted by Crippen LogP contribution is -2.36. The maximum atomic E-state index is 9.55. The first-order valence-corrected chi connectivity index (χ1v) is 8.16. The number of hydrogen-bond donors (Lipinski definition) is 2. The number of hydrogen-bond acceptors (Lipinski definition) is 4. The summed E-state index contributed by atoms with van der Waals surface area (Å²) in [6, 6.07) is 11.6. The van der Waals surface area contributed by atoms with Crippen molar-refractivity contribution in [2.45, 2.75) is 31.7 Å². The zero-order valence-electron chi connectivity index (χ0n) is 12.9. The molecule has 1 aliphatic heterocycles. The third kappa shape index (κ3) is 2.80. The van der Waals surface area contributed by atoms with Gasteiger partial charge in [-0.3, -0.25) is 4.57 Å². The highest BCUT2D eigenvalue weighted by atomic mass is 16.3. The van der Waals surface area contributed by atoms with Gasteiger partial charge < -0.3 is 10.4 Å². The number of pyridine rings is 1. The molecule has 1 fully saturated rings. The maximum Gasteiger partial charge on any atom is 0.164 e. The van der Waals surface area contributed by atoms with E-state index in [-0.39, 0.29) is 5.75 Å². The molecule has 2 aromatic heterocycles. The van der Waals surface area contributed by atoms with Gasteiger partial charge in [-0.2, -0.15) is 0 Å². The van der Waals surface area contributed by atoms with Gasteiger partial charge in [-0.05, 0) is 55.8 Å². The second-order valence-corrected chi connectivity index (χ2v) is 6.08. The fraction of sp³-hybridized carbons (Fsp3) is 0.333. The number of nitrogens with zero attached hydrogens (tertiary/aromatic N) is 3. The van der Waals surface area contributed by atoms with E-state index in [1.165, 1.54) is 19.3 Å². The van der Waals surface area contributed by atoms with Crippen LogP contribution < -0.4 is 5.32 Å². The van der Waals surface area contributed by atoms with Crippen molar-refractivity contribution in [2.75, 3.05) is 6.54 Å². The zero-order chi connectivity index (χ0) is 15.6. The van der Waals surface area contributed by atoms with E-state index in [1.54, 1.807) is 18.3 Å². The standard InChI is InChI=1S/C18H20N4O/c23-15-8-6-14(7-9-15)22-17(12-13-4-1-2-10-19-13)21-16-5-3-11-20-18(16)22/h3,5-9,11,13,19,23H,1-2,4,10,12H2. The van der Waals surface area contributed by atoms with Crippen LogP contribution >= 0.6 is 0 Å². The van der Waals surface area contributed by atoms with Gasteiger partial charge in [0.2, 0.25) is 0 Å². The topological polar surface area (TPSA) is 63.0 Å². The van der Waals surface area contributed by atoms with E-state index < -0.39 is 0 Å². The van der Waals surface area contributed by atoms with Crippen LogP contribution in [-0.2, 0) is 6.42 Å². The van der Waals surface area contributed by atoms with Crippen molar-refractivity contribution < 1.29 is 5.11 Å². The van der Waals surface area contributed by atoms with Crippen LogP contribution in [0.2, 0.25) is 0 Å². The van der Waals surface area contributed by atoms with Gasteiger partial charge in [0.1, 0.15) is 17.1 Å². The number of fused-ring (bicyclic) bond motifs is 1. The van der Waals surface area contributed by atoms with E-state index in [9.17, 15) is 5.11 Å². The lowest BCUT2D eigenvalue weighted by Gasteiger charge is -2.23. The highest BCUT2D eigenvalue weighted by Gasteiger charge is 2.19. The monoisotopic (exact) mass is 308 g/mol. The number of phenolic OH excluding ortho intramolecular Hbond substituents is 1. The minimum absolute atomic E-state index is 0.265. The summed E-state index contributed by atoms with van der Waals surface area (Å²) in [5.74, 6) is 1.28. The molecular weight excluding hydrogens is 288 g/mol. The van der Waals surface area contributed by atoms with Gasteiger partial charge >= 0.3 is 0 Å². The molecule has 118 valence electrons. The first-order valence-electron chi connectivity index (χ1n) is 8.16. The van der Waals surface area contributed by atoms with Crippen molar-refractivity contribution in [3.8, 4) is 11.4 Å².